The van der Waals surface area contributed by atoms with Gasteiger partial charge in [-0.2, -0.15) is 0 Å². The quantitative estimate of drug-likeness (QED) is 0.899. The molecule has 0 saturated carbocycles. The van der Waals surface area contributed by atoms with Crippen molar-refractivity contribution in [3.05, 3.63) is 35.5 Å². The smallest absolute Gasteiger partial charge is 0.0486 e. The average molecular weight is 314 g/mol. The molecular weight excluding hydrogens is 284 g/mol. The summed E-state index contributed by atoms with van der Waals surface area (Å²) in [5, 5.41) is 1.31. The first kappa shape index (κ1) is 16.5. The summed E-state index contributed by atoms with van der Waals surface area (Å²) in [5.74, 6) is 0.630. The summed E-state index contributed by atoms with van der Waals surface area (Å²) >= 11 is 0. The number of aromatic nitrogens is 1. The van der Waals surface area contributed by atoms with Crippen molar-refractivity contribution < 1.29 is 4.74 Å². The van der Waals surface area contributed by atoms with Crippen molar-refractivity contribution in [1.82, 2.24) is 4.57 Å². The number of benzene rings is 1. The molecule has 1 aromatic heterocycles. The summed E-state index contributed by atoms with van der Waals surface area (Å²) < 4.78 is 7.91. The number of rotatable bonds is 3. The second-order valence-corrected chi connectivity index (χ2v) is 8.22. The zero-order chi connectivity index (χ0) is 16.6. The average Bonchev–Trinajstić information content (AvgIpc) is 2.84. The monoisotopic (exact) mass is 314 g/mol. The first-order chi connectivity index (χ1) is 10.8. The van der Waals surface area contributed by atoms with Crippen LogP contribution in [0.25, 0.3) is 10.9 Å². The molecule has 126 valence electrons. The molecule has 2 N–H and O–H groups in total. The molecule has 3 rings (SSSR count). The van der Waals surface area contributed by atoms with Gasteiger partial charge in [-0.1, -0.05) is 32.9 Å². The van der Waals surface area contributed by atoms with E-state index in [1.54, 1.807) is 0 Å². The number of fused-ring (bicyclic) bond motifs is 1. The molecule has 3 nitrogen and oxygen atoms in total. The van der Waals surface area contributed by atoms with E-state index in [-0.39, 0.29) is 11.5 Å². The van der Waals surface area contributed by atoms with Gasteiger partial charge in [0.2, 0.25) is 0 Å². The second-order valence-electron chi connectivity index (χ2n) is 8.22. The summed E-state index contributed by atoms with van der Waals surface area (Å²) in [6, 6.07) is 7.03. The second kappa shape index (κ2) is 6.29. The Balaban J connectivity index is 2.05. The lowest BCUT2D eigenvalue weighted by atomic mass is 9.90. The third-order valence-corrected chi connectivity index (χ3v) is 4.77. The van der Waals surface area contributed by atoms with E-state index in [0.29, 0.717) is 5.92 Å². The predicted molar refractivity (Wildman–Crippen MR) is 96.8 cm³/mol. The van der Waals surface area contributed by atoms with Crippen molar-refractivity contribution in [2.45, 2.75) is 59.0 Å². The first-order valence-corrected chi connectivity index (χ1v) is 8.81. The fourth-order valence-corrected chi connectivity index (χ4v) is 3.63. The molecule has 1 atom stereocenters. The molecule has 1 saturated heterocycles. The van der Waals surface area contributed by atoms with E-state index >= 15 is 0 Å². The van der Waals surface area contributed by atoms with Crippen LogP contribution in [0.4, 0.5) is 0 Å². The van der Waals surface area contributed by atoms with Crippen molar-refractivity contribution in [1.29, 1.82) is 0 Å². The molecule has 0 amide bonds. The molecule has 23 heavy (non-hydrogen) atoms. The minimum absolute atomic E-state index is 0.0626. The highest BCUT2D eigenvalue weighted by molar-refractivity contribution is 5.85. The first-order valence-electron chi connectivity index (χ1n) is 8.81. The molecule has 0 aliphatic carbocycles. The van der Waals surface area contributed by atoms with Gasteiger partial charge in [0.15, 0.2) is 0 Å². The van der Waals surface area contributed by atoms with E-state index in [1.807, 2.05) is 0 Å². The van der Waals surface area contributed by atoms with Crippen LogP contribution in [0.3, 0.4) is 0 Å². The summed E-state index contributed by atoms with van der Waals surface area (Å²) in [7, 11) is 0. The molecule has 0 spiro atoms. The lowest BCUT2D eigenvalue weighted by Gasteiger charge is -2.23. The molecule has 1 aromatic carbocycles. The Kier molecular flexibility index (Phi) is 4.52. The van der Waals surface area contributed by atoms with E-state index in [0.717, 1.165) is 32.6 Å². The summed E-state index contributed by atoms with van der Waals surface area (Å²) in [6.07, 6.45) is 4.52. The molecule has 1 aliphatic heterocycles. The lowest BCUT2D eigenvalue weighted by Crippen LogP contribution is -2.15. The zero-order valence-corrected chi connectivity index (χ0v) is 14.9. The van der Waals surface area contributed by atoms with Crippen LogP contribution in [0.2, 0.25) is 0 Å². The highest BCUT2D eigenvalue weighted by Crippen LogP contribution is 2.33. The lowest BCUT2D eigenvalue weighted by molar-refractivity contribution is 0.0853. The van der Waals surface area contributed by atoms with Gasteiger partial charge < -0.3 is 15.0 Å². The maximum absolute atomic E-state index is 6.21. The van der Waals surface area contributed by atoms with Crippen LogP contribution in [0.15, 0.2) is 24.4 Å². The van der Waals surface area contributed by atoms with Crippen LogP contribution in [0, 0.1) is 5.41 Å². The maximum atomic E-state index is 6.21. The van der Waals surface area contributed by atoms with E-state index < -0.39 is 0 Å². The topological polar surface area (TPSA) is 40.2 Å². The predicted octanol–water partition coefficient (Wildman–Crippen LogP) is 4.60. The van der Waals surface area contributed by atoms with Crippen molar-refractivity contribution >= 4 is 10.9 Å². The minimum Gasteiger partial charge on any atom is -0.381 e. The van der Waals surface area contributed by atoms with Gasteiger partial charge in [0.1, 0.15) is 0 Å². The third kappa shape index (κ3) is 3.61. The molecule has 1 unspecified atom stereocenters. The molecule has 0 bridgehead atoms. The number of hydrogen-bond acceptors (Lipinski definition) is 2. The molecule has 2 heterocycles. The SMILES string of the molecule is CC(N)c1cn(CC(C)(C)C)c2cc(C3CCOCC3)ccc12. The van der Waals surface area contributed by atoms with Gasteiger partial charge in [0.25, 0.3) is 0 Å². The standard InChI is InChI=1S/C20H30N2O/c1-14(21)18-12-22(13-20(2,3)4)19-11-16(5-6-17(18)19)15-7-9-23-10-8-15/h5-6,11-12,14-15H,7-10,13,21H2,1-4H3. The normalized spacial score (nSPS) is 18.5. The Labute approximate surface area is 139 Å². The molecule has 0 radical (unpaired) electrons. The van der Waals surface area contributed by atoms with Crippen LogP contribution in [0.5, 0.6) is 0 Å². The molecular formula is C20H30N2O. The Morgan fingerprint density at radius 1 is 1.26 bits per heavy atom. The largest absolute Gasteiger partial charge is 0.381 e. The minimum atomic E-state index is 0.0626. The molecule has 3 heteroatoms. The van der Waals surface area contributed by atoms with Gasteiger partial charge in [-0.3, -0.25) is 0 Å². The zero-order valence-electron chi connectivity index (χ0n) is 14.9. The molecule has 1 fully saturated rings. The van der Waals surface area contributed by atoms with Crippen LogP contribution in [-0.2, 0) is 11.3 Å². The maximum Gasteiger partial charge on any atom is 0.0486 e. The van der Waals surface area contributed by atoms with Gasteiger partial charge in [-0.15, -0.1) is 0 Å². The highest BCUT2D eigenvalue weighted by Gasteiger charge is 2.20. The van der Waals surface area contributed by atoms with Crippen LogP contribution in [0.1, 0.15) is 63.6 Å². The summed E-state index contributed by atoms with van der Waals surface area (Å²) in [5.41, 5.74) is 10.5. The van der Waals surface area contributed by atoms with Crippen molar-refractivity contribution in [3.63, 3.8) is 0 Å². The molecule has 1 aliphatic rings. The highest BCUT2D eigenvalue weighted by atomic mass is 16.5. The van der Waals surface area contributed by atoms with Crippen molar-refractivity contribution in [2.24, 2.45) is 11.1 Å². The van der Waals surface area contributed by atoms with Gasteiger partial charge in [-0.05, 0) is 48.3 Å². The number of hydrogen-bond donors (Lipinski definition) is 1. The Bertz CT molecular complexity index is 673. The number of nitrogens with zero attached hydrogens (tertiary/aromatic N) is 1. The molecule has 2 aromatic rings. The van der Waals surface area contributed by atoms with E-state index in [9.17, 15) is 0 Å². The van der Waals surface area contributed by atoms with E-state index in [2.05, 4.69) is 56.7 Å². The van der Waals surface area contributed by atoms with Crippen molar-refractivity contribution in [2.75, 3.05) is 13.2 Å². The van der Waals surface area contributed by atoms with Gasteiger partial charge >= 0.3 is 0 Å². The van der Waals surface area contributed by atoms with E-state index in [4.69, 9.17) is 10.5 Å². The van der Waals surface area contributed by atoms with Crippen LogP contribution in [-0.4, -0.2) is 17.8 Å². The third-order valence-electron chi connectivity index (χ3n) is 4.77. The summed E-state index contributed by atoms with van der Waals surface area (Å²) in [4.78, 5) is 0. The van der Waals surface area contributed by atoms with Crippen LogP contribution >= 0.6 is 0 Å². The van der Waals surface area contributed by atoms with Gasteiger partial charge in [0.05, 0.1) is 0 Å². The van der Waals surface area contributed by atoms with Crippen LogP contribution < -0.4 is 5.73 Å². The number of ether oxygens (including phenoxy) is 1. The fourth-order valence-electron chi connectivity index (χ4n) is 3.63. The van der Waals surface area contributed by atoms with Crippen molar-refractivity contribution in [3.8, 4) is 0 Å². The Hall–Kier alpha value is -1.32. The van der Waals surface area contributed by atoms with Gasteiger partial charge in [-0.25, -0.2) is 0 Å². The number of nitrogens with two attached hydrogens (primary N) is 1. The van der Waals surface area contributed by atoms with Gasteiger partial charge in [0, 0.05) is 42.9 Å². The Morgan fingerprint density at radius 2 is 1.96 bits per heavy atom. The summed E-state index contributed by atoms with van der Waals surface area (Å²) in [6.45, 7) is 11.7. The Morgan fingerprint density at radius 3 is 2.57 bits per heavy atom. The van der Waals surface area contributed by atoms with E-state index in [1.165, 1.54) is 22.0 Å². The fraction of sp³-hybridized carbons (Fsp3) is 0.600.